The summed E-state index contributed by atoms with van der Waals surface area (Å²) < 4.78 is 33.1. The lowest BCUT2D eigenvalue weighted by Crippen LogP contribution is -2.35. The zero-order valence-electron chi connectivity index (χ0n) is 15.9. The molecule has 1 aliphatic rings. The van der Waals surface area contributed by atoms with Crippen molar-refractivity contribution in [2.45, 2.75) is 24.8 Å². The van der Waals surface area contributed by atoms with E-state index in [1.165, 1.54) is 0 Å². The highest BCUT2D eigenvalue weighted by molar-refractivity contribution is 7.89. The van der Waals surface area contributed by atoms with Crippen molar-refractivity contribution in [3.8, 4) is 5.75 Å². The summed E-state index contributed by atoms with van der Waals surface area (Å²) in [5, 5.41) is 0. The maximum absolute atomic E-state index is 13.1. The molecule has 1 fully saturated rings. The molecule has 4 nitrogen and oxygen atoms in total. The van der Waals surface area contributed by atoms with Crippen LogP contribution in [0.4, 0.5) is 0 Å². The van der Waals surface area contributed by atoms with Crippen molar-refractivity contribution in [1.82, 2.24) is 4.31 Å². The Morgan fingerprint density at radius 2 is 1.74 bits per heavy atom. The van der Waals surface area contributed by atoms with Gasteiger partial charge in [-0.05, 0) is 49.2 Å². The average Bonchev–Trinajstić information content (AvgIpc) is 2.98. The topological polar surface area (TPSA) is 46.6 Å². The number of rotatable bonds is 5. The molecule has 0 N–H and O–H groups in total. The fraction of sp³-hybridized carbons (Fsp3) is 0.273. The van der Waals surface area contributed by atoms with E-state index in [9.17, 15) is 8.42 Å². The van der Waals surface area contributed by atoms with E-state index < -0.39 is 10.0 Å². The Balaban J connectivity index is 1.93. The zero-order chi connectivity index (χ0) is 19.6. The van der Waals surface area contributed by atoms with E-state index in [1.54, 1.807) is 23.5 Å². The molecule has 2 atom stereocenters. The van der Waals surface area contributed by atoms with Crippen LogP contribution >= 0.6 is 0 Å². The summed E-state index contributed by atoms with van der Waals surface area (Å²) in [6, 6.07) is 14.5. The van der Waals surface area contributed by atoms with Gasteiger partial charge in [-0.3, -0.25) is 0 Å². The van der Waals surface area contributed by atoms with Crippen LogP contribution in [-0.2, 0) is 10.0 Å². The number of hydrogen-bond donors (Lipinski definition) is 0. The summed E-state index contributed by atoms with van der Waals surface area (Å²) >= 11 is 0. The van der Waals surface area contributed by atoms with Crippen LogP contribution in [0.15, 0.2) is 71.7 Å². The molecule has 0 unspecified atom stereocenters. The van der Waals surface area contributed by atoms with Gasteiger partial charge in [-0.1, -0.05) is 42.0 Å². The minimum atomic E-state index is -3.56. The van der Waals surface area contributed by atoms with Crippen molar-refractivity contribution in [3.63, 3.8) is 0 Å². The third-order valence-electron chi connectivity index (χ3n) is 5.09. The number of sulfonamides is 1. The van der Waals surface area contributed by atoms with Gasteiger partial charge in [0.05, 0.1) is 12.0 Å². The summed E-state index contributed by atoms with van der Waals surface area (Å²) in [6.45, 7) is 8.17. The highest BCUT2D eigenvalue weighted by atomic mass is 32.2. The molecule has 0 radical (unpaired) electrons. The predicted octanol–water partition coefficient (Wildman–Crippen LogP) is 4.28. The molecule has 0 aliphatic carbocycles. The first kappa shape index (κ1) is 19.4. The lowest BCUT2D eigenvalue weighted by atomic mass is 9.95. The minimum absolute atomic E-state index is 0.0210. The molecule has 0 spiro atoms. The Labute approximate surface area is 161 Å². The normalized spacial score (nSPS) is 22.1. The molecule has 1 saturated heterocycles. The van der Waals surface area contributed by atoms with Crippen molar-refractivity contribution in [1.29, 1.82) is 0 Å². The number of benzene rings is 2. The molecule has 27 heavy (non-hydrogen) atoms. The van der Waals surface area contributed by atoms with Gasteiger partial charge in [0.2, 0.25) is 10.0 Å². The Bertz CT molecular complexity index is 944. The van der Waals surface area contributed by atoms with Gasteiger partial charge < -0.3 is 4.74 Å². The highest BCUT2D eigenvalue weighted by Gasteiger charge is 2.40. The molecule has 142 valence electrons. The van der Waals surface area contributed by atoms with Gasteiger partial charge in [0.15, 0.2) is 0 Å². The Kier molecular flexibility index (Phi) is 5.53. The molecule has 0 aromatic heterocycles. The van der Waals surface area contributed by atoms with Crippen LogP contribution in [0.2, 0.25) is 0 Å². The van der Waals surface area contributed by atoms with Crippen molar-refractivity contribution in [2.75, 3.05) is 13.7 Å². The van der Waals surface area contributed by atoms with Gasteiger partial charge in [-0.2, -0.15) is 4.31 Å². The second kappa shape index (κ2) is 7.71. The monoisotopic (exact) mass is 383 g/mol. The molecule has 1 aliphatic heterocycles. The van der Waals surface area contributed by atoms with Crippen LogP contribution in [0.3, 0.4) is 0 Å². The number of methoxy groups -OCH3 is 1. The molecule has 0 amide bonds. The van der Waals surface area contributed by atoms with Crippen molar-refractivity contribution in [2.24, 2.45) is 5.92 Å². The standard InChI is InChI=1S/C22H25NO3S/c1-5-22-17(3)23(27(24,25)21-12-6-16(2)7-13-21)15-19(22)14-18-8-10-20(26-4)11-9-18/h5-14,17,22H,1,15H2,2-4H3/b19-14+/t17-,22+/m1/s1. The average molecular weight is 384 g/mol. The lowest BCUT2D eigenvalue weighted by Gasteiger charge is -2.22. The van der Waals surface area contributed by atoms with Gasteiger partial charge in [0.25, 0.3) is 0 Å². The minimum Gasteiger partial charge on any atom is -0.497 e. The van der Waals surface area contributed by atoms with Crippen molar-refractivity contribution >= 4 is 16.1 Å². The van der Waals surface area contributed by atoms with Crippen molar-refractivity contribution < 1.29 is 13.2 Å². The lowest BCUT2D eigenvalue weighted by molar-refractivity contribution is 0.385. The van der Waals surface area contributed by atoms with E-state index >= 15 is 0 Å². The molecule has 2 aromatic rings. The largest absolute Gasteiger partial charge is 0.497 e. The van der Waals surface area contributed by atoms with E-state index in [0.717, 1.165) is 22.4 Å². The maximum atomic E-state index is 13.1. The summed E-state index contributed by atoms with van der Waals surface area (Å²) in [7, 11) is -1.93. The summed E-state index contributed by atoms with van der Waals surface area (Å²) in [4.78, 5) is 0.327. The van der Waals surface area contributed by atoms with Crippen LogP contribution in [-0.4, -0.2) is 32.4 Å². The van der Waals surface area contributed by atoms with Gasteiger partial charge in [0.1, 0.15) is 5.75 Å². The van der Waals surface area contributed by atoms with E-state index in [2.05, 4.69) is 6.58 Å². The highest BCUT2D eigenvalue weighted by Crippen LogP contribution is 2.35. The third-order valence-corrected chi connectivity index (χ3v) is 7.04. The molecule has 1 heterocycles. The van der Waals surface area contributed by atoms with Crippen molar-refractivity contribution in [3.05, 3.63) is 77.9 Å². The van der Waals surface area contributed by atoms with Gasteiger partial charge in [0, 0.05) is 18.5 Å². The predicted molar refractivity (Wildman–Crippen MR) is 109 cm³/mol. The van der Waals surface area contributed by atoms with Crippen LogP contribution in [0.5, 0.6) is 5.75 Å². The van der Waals surface area contributed by atoms with Crippen LogP contribution in [0, 0.1) is 12.8 Å². The summed E-state index contributed by atoms with van der Waals surface area (Å²) in [5.74, 6) is 0.771. The third kappa shape index (κ3) is 3.84. The van der Waals surface area contributed by atoms with E-state index in [1.807, 2.05) is 62.4 Å². The Morgan fingerprint density at radius 1 is 1.11 bits per heavy atom. The van der Waals surface area contributed by atoms with Crippen LogP contribution in [0.25, 0.3) is 6.08 Å². The molecule has 5 heteroatoms. The molecular formula is C22H25NO3S. The van der Waals surface area contributed by atoms with E-state index in [-0.39, 0.29) is 12.0 Å². The second-order valence-electron chi connectivity index (χ2n) is 6.86. The van der Waals surface area contributed by atoms with Crippen LogP contribution < -0.4 is 4.74 Å². The quantitative estimate of drug-likeness (QED) is 0.724. The fourth-order valence-electron chi connectivity index (χ4n) is 3.47. The van der Waals surface area contributed by atoms with E-state index in [0.29, 0.717) is 11.4 Å². The molecule has 0 saturated carbocycles. The molecular weight excluding hydrogens is 358 g/mol. The first-order valence-corrected chi connectivity index (χ1v) is 10.4. The van der Waals surface area contributed by atoms with Gasteiger partial charge >= 0.3 is 0 Å². The Morgan fingerprint density at radius 3 is 2.30 bits per heavy atom. The number of aryl methyl sites for hydroxylation is 1. The first-order chi connectivity index (χ1) is 12.9. The smallest absolute Gasteiger partial charge is 0.243 e. The fourth-order valence-corrected chi connectivity index (χ4v) is 5.11. The summed E-state index contributed by atoms with van der Waals surface area (Å²) in [6.07, 6.45) is 3.89. The molecule has 0 bridgehead atoms. The number of hydrogen-bond acceptors (Lipinski definition) is 3. The van der Waals surface area contributed by atoms with Gasteiger partial charge in [-0.15, -0.1) is 6.58 Å². The zero-order valence-corrected chi connectivity index (χ0v) is 16.7. The first-order valence-electron chi connectivity index (χ1n) is 8.92. The second-order valence-corrected chi connectivity index (χ2v) is 8.75. The summed E-state index contributed by atoms with van der Waals surface area (Å²) in [5.41, 5.74) is 3.09. The SMILES string of the molecule is C=C[C@@H]1/C(=C/c2ccc(OC)cc2)CN(S(=O)(=O)c2ccc(C)cc2)[C@@H]1C. The number of ether oxygens (including phenoxy) is 1. The van der Waals surface area contributed by atoms with Crippen LogP contribution in [0.1, 0.15) is 18.1 Å². The molecule has 2 aromatic carbocycles. The Hall–Kier alpha value is -2.37. The molecule has 3 rings (SSSR count). The van der Waals surface area contributed by atoms with E-state index in [4.69, 9.17) is 4.74 Å². The van der Waals surface area contributed by atoms with Gasteiger partial charge in [-0.25, -0.2) is 8.42 Å². The maximum Gasteiger partial charge on any atom is 0.243 e. The number of nitrogens with zero attached hydrogens (tertiary/aromatic N) is 1.